The van der Waals surface area contributed by atoms with E-state index < -0.39 is 6.04 Å². The van der Waals surface area contributed by atoms with Gasteiger partial charge in [-0.2, -0.15) is 0 Å². The predicted octanol–water partition coefficient (Wildman–Crippen LogP) is 0.720. The molecule has 1 aromatic carbocycles. The molecule has 0 spiro atoms. The van der Waals surface area contributed by atoms with E-state index in [1.807, 2.05) is 0 Å². The summed E-state index contributed by atoms with van der Waals surface area (Å²) < 4.78 is 0. The summed E-state index contributed by atoms with van der Waals surface area (Å²) in [5, 5.41) is 12.2. The maximum atomic E-state index is 12.0. The van der Waals surface area contributed by atoms with Crippen molar-refractivity contribution in [3.63, 3.8) is 0 Å². The first kappa shape index (κ1) is 15.8. The number of hydrogen-bond acceptors (Lipinski definition) is 4. The Morgan fingerprint density at radius 2 is 2.19 bits per heavy atom. The Kier molecular flexibility index (Phi) is 5.59. The summed E-state index contributed by atoms with van der Waals surface area (Å²) >= 11 is 0. The minimum absolute atomic E-state index is 0.101. The Bertz CT molecular complexity index is 461. The van der Waals surface area contributed by atoms with Crippen LogP contribution in [0.1, 0.15) is 18.4 Å². The molecule has 5 nitrogen and oxygen atoms in total. The molecule has 1 amide bonds. The number of aromatic hydroxyl groups is 1. The fourth-order valence-corrected chi connectivity index (χ4v) is 2.79. The van der Waals surface area contributed by atoms with Crippen molar-refractivity contribution in [2.75, 3.05) is 26.7 Å². The van der Waals surface area contributed by atoms with Gasteiger partial charge in [-0.15, -0.1) is 0 Å². The van der Waals surface area contributed by atoms with Gasteiger partial charge < -0.3 is 21.1 Å². The number of nitrogens with one attached hydrogen (secondary N) is 1. The summed E-state index contributed by atoms with van der Waals surface area (Å²) in [7, 11) is 2.12. The molecule has 1 aliphatic heterocycles. The standard InChI is InChI=1S/C16H25N3O2/c1-19-8-2-3-13(11-19)10-18-16(21)15(17)9-12-4-6-14(20)7-5-12/h4-7,13,15,20H,2-3,8-11,17H2,1H3,(H,18,21)/t13?,15-/m0/s1. The molecule has 1 aromatic rings. The molecule has 1 unspecified atom stereocenters. The van der Waals surface area contributed by atoms with Gasteiger partial charge in [0.25, 0.3) is 0 Å². The first-order valence-electron chi connectivity index (χ1n) is 7.54. The molecular weight excluding hydrogens is 266 g/mol. The van der Waals surface area contributed by atoms with Crippen LogP contribution in [0.4, 0.5) is 0 Å². The van der Waals surface area contributed by atoms with E-state index in [-0.39, 0.29) is 11.7 Å². The Labute approximate surface area is 126 Å². The minimum Gasteiger partial charge on any atom is -0.508 e. The third-order valence-electron chi connectivity index (χ3n) is 4.02. The summed E-state index contributed by atoms with van der Waals surface area (Å²) in [6.07, 6.45) is 2.84. The van der Waals surface area contributed by atoms with E-state index in [4.69, 9.17) is 5.73 Å². The van der Waals surface area contributed by atoms with Crippen molar-refractivity contribution in [2.45, 2.75) is 25.3 Å². The van der Waals surface area contributed by atoms with Crippen LogP contribution in [0.2, 0.25) is 0 Å². The third kappa shape index (κ3) is 5.02. The fourth-order valence-electron chi connectivity index (χ4n) is 2.79. The van der Waals surface area contributed by atoms with Gasteiger partial charge in [0.05, 0.1) is 6.04 Å². The molecule has 0 aliphatic carbocycles. The molecule has 0 bridgehead atoms. The second-order valence-electron chi connectivity index (χ2n) is 5.99. The van der Waals surface area contributed by atoms with Crippen LogP contribution in [0.5, 0.6) is 5.75 Å². The summed E-state index contributed by atoms with van der Waals surface area (Å²) in [6, 6.07) is 6.25. The molecule has 1 aliphatic rings. The predicted molar refractivity (Wildman–Crippen MR) is 83.0 cm³/mol. The van der Waals surface area contributed by atoms with E-state index in [2.05, 4.69) is 17.3 Å². The van der Waals surface area contributed by atoms with Crippen molar-refractivity contribution in [1.82, 2.24) is 10.2 Å². The second-order valence-corrected chi connectivity index (χ2v) is 5.99. The average molecular weight is 291 g/mol. The number of phenolic OH excluding ortho intramolecular Hbond substituents is 1. The third-order valence-corrected chi connectivity index (χ3v) is 4.02. The van der Waals surface area contributed by atoms with Crippen LogP contribution in [-0.4, -0.2) is 48.6 Å². The van der Waals surface area contributed by atoms with Crippen LogP contribution >= 0.6 is 0 Å². The van der Waals surface area contributed by atoms with Gasteiger partial charge in [0, 0.05) is 13.1 Å². The molecule has 5 heteroatoms. The lowest BCUT2D eigenvalue weighted by Gasteiger charge is -2.30. The number of carbonyl (C=O) groups excluding carboxylic acids is 1. The number of nitrogens with zero attached hydrogens (tertiary/aromatic N) is 1. The lowest BCUT2D eigenvalue weighted by Crippen LogP contribution is -2.45. The zero-order chi connectivity index (χ0) is 15.2. The number of carbonyl (C=O) groups is 1. The van der Waals surface area contributed by atoms with Crippen molar-refractivity contribution < 1.29 is 9.90 Å². The molecule has 1 fully saturated rings. The number of phenols is 1. The highest BCUT2D eigenvalue weighted by molar-refractivity contribution is 5.81. The van der Waals surface area contributed by atoms with Gasteiger partial charge in [-0.05, 0) is 56.5 Å². The highest BCUT2D eigenvalue weighted by atomic mass is 16.3. The van der Waals surface area contributed by atoms with Gasteiger partial charge in [0.1, 0.15) is 5.75 Å². The van der Waals surface area contributed by atoms with Gasteiger partial charge in [-0.3, -0.25) is 4.79 Å². The minimum atomic E-state index is -0.545. The number of nitrogens with two attached hydrogens (primary N) is 1. The molecule has 0 aromatic heterocycles. The molecule has 1 heterocycles. The maximum Gasteiger partial charge on any atom is 0.237 e. The maximum absolute atomic E-state index is 12.0. The van der Waals surface area contributed by atoms with Crippen LogP contribution in [0, 0.1) is 5.92 Å². The highest BCUT2D eigenvalue weighted by Crippen LogP contribution is 2.14. The zero-order valence-electron chi connectivity index (χ0n) is 12.6. The van der Waals surface area contributed by atoms with E-state index in [1.54, 1.807) is 24.3 Å². The van der Waals surface area contributed by atoms with Crippen LogP contribution < -0.4 is 11.1 Å². The van der Waals surface area contributed by atoms with Gasteiger partial charge in [-0.25, -0.2) is 0 Å². The van der Waals surface area contributed by atoms with Crippen LogP contribution in [0.3, 0.4) is 0 Å². The van der Waals surface area contributed by atoms with E-state index >= 15 is 0 Å². The van der Waals surface area contributed by atoms with Crippen LogP contribution in [0.25, 0.3) is 0 Å². The van der Waals surface area contributed by atoms with E-state index in [0.717, 1.165) is 25.1 Å². The normalized spacial score (nSPS) is 21.0. The molecule has 4 N–H and O–H groups in total. The number of benzene rings is 1. The fraction of sp³-hybridized carbons (Fsp3) is 0.562. The summed E-state index contributed by atoms with van der Waals surface area (Å²) in [6.45, 7) is 2.88. The van der Waals surface area contributed by atoms with Crippen molar-refractivity contribution in [1.29, 1.82) is 0 Å². The lowest BCUT2D eigenvalue weighted by molar-refractivity contribution is -0.122. The van der Waals surface area contributed by atoms with Crippen molar-refractivity contribution in [3.05, 3.63) is 29.8 Å². The van der Waals surface area contributed by atoms with Crippen molar-refractivity contribution in [2.24, 2.45) is 11.7 Å². The zero-order valence-corrected chi connectivity index (χ0v) is 12.6. The topological polar surface area (TPSA) is 78.6 Å². The number of hydrogen-bond donors (Lipinski definition) is 3. The number of likely N-dealkylation sites (tertiary alicyclic amines) is 1. The molecule has 21 heavy (non-hydrogen) atoms. The van der Waals surface area contributed by atoms with Gasteiger partial charge in [0.15, 0.2) is 0 Å². The second kappa shape index (κ2) is 7.43. The Morgan fingerprint density at radius 3 is 2.86 bits per heavy atom. The number of rotatable bonds is 5. The molecule has 116 valence electrons. The molecule has 0 radical (unpaired) electrons. The molecule has 2 rings (SSSR count). The van der Waals surface area contributed by atoms with E-state index in [1.165, 1.54) is 6.42 Å². The van der Waals surface area contributed by atoms with Crippen molar-refractivity contribution in [3.8, 4) is 5.75 Å². The van der Waals surface area contributed by atoms with Crippen LogP contribution in [0.15, 0.2) is 24.3 Å². The van der Waals surface area contributed by atoms with E-state index in [0.29, 0.717) is 18.9 Å². The molecule has 1 saturated heterocycles. The van der Waals surface area contributed by atoms with E-state index in [9.17, 15) is 9.90 Å². The van der Waals surface area contributed by atoms with Gasteiger partial charge >= 0.3 is 0 Å². The first-order chi connectivity index (χ1) is 10.0. The number of piperidine rings is 1. The summed E-state index contributed by atoms with van der Waals surface area (Å²) in [5.41, 5.74) is 6.90. The van der Waals surface area contributed by atoms with Gasteiger partial charge in [-0.1, -0.05) is 12.1 Å². The van der Waals surface area contributed by atoms with Crippen LogP contribution in [-0.2, 0) is 11.2 Å². The SMILES string of the molecule is CN1CCCC(CNC(=O)[C@@H](N)Cc2ccc(O)cc2)C1. The lowest BCUT2D eigenvalue weighted by atomic mass is 9.98. The molecule has 0 saturated carbocycles. The summed E-state index contributed by atoms with van der Waals surface area (Å²) in [5.74, 6) is 0.642. The Hall–Kier alpha value is -1.59. The highest BCUT2D eigenvalue weighted by Gasteiger charge is 2.19. The Morgan fingerprint density at radius 1 is 1.48 bits per heavy atom. The van der Waals surface area contributed by atoms with Gasteiger partial charge in [0.2, 0.25) is 5.91 Å². The first-order valence-corrected chi connectivity index (χ1v) is 7.54. The smallest absolute Gasteiger partial charge is 0.237 e. The monoisotopic (exact) mass is 291 g/mol. The summed E-state index contributed by atoms with van der Waals surface area (Å²) in [4.78, 5) is 14.3. The number of amides is 1. The average Bonchev–Trinajstić information content (AvgIpc) is 2.47. The Balaban J connectivity index is 1.75. The largest absolute Gasteiger partial charge is 0.508 e. The molecular formula is C16H25N3O2. The van der Waals surface area contributed by atoms with Crippen molar-refractivity contribution >= 4 is 5.91 Å². The molecule has 2 atom stereocenters. The quantitative estimate of drug-likeness (QED) is 0.747.